The summed E-state index contributed by atoms with van der Waals surface area (Å²) in [4.78, 5) is 23.1. The highest BCUT2D eigenvalue weighted by molar-refractivity contribution is 7.98. The van der Waals surface area contributed by atoms with Crippen LogP contribution < -0.4 is 15.0 Å². The second-order valence-corrected chi connectivity index (χ2v) is 9.11. The van der Waals surface area contributed by atoms with Gasteiger partial charge >= 0.3 is 0 Å². The van der Waals surface area contributed by atoms with Crippen molar-refractivity contribution in [3.8, 4) is 23.0 Å². The van der Waals surface area contributed by atoms with Crippen molar-refractivity contribution in [2.45, 2.75) is 24.4 Å². The standard InChI is InChI=1S/C28H25N3O4S/c1-18-23(29-26(35-18)20-9-5-4-6-10-20)17-36-28-30-22-12-8-7-11-21(22)27(32)31(28)16-19-13-14-24(33-2)25(15-19)34-3/h4-15H,16-17H2,1-3H3. The third kappa shape index (κ3) is 4.72. The first-order valence-corrected chi connectivity index (χ1v) is 12.4. The van der Waals surface area contributed by atoms with Gasteiger partial charge in [0.05, 0.1) is 37.4 Å². The van der Waals surface area contributed by atoms with Crippen molar-refractivity contribution >= 4 is 22.7 Å². The van der Waals surface area contributed by atoms with Crippen LogP contribution in [-0.2, 0) is 12.3 Å². The second kappa shape index (κ2) is 10.3. The fourth-order valence-corrected chi connectivity index (χ4v) is 4.96. The Kier molecular flexibility index (Phi) is 6.77. The molecular weight excluding hydrogens is 474 g/mol. The van der Waals surface area contributed by atoms with Crippen LogP contribution in [0.3, 0.4) is 0 Å². The van der Waals surface area contributed by atoms with Gasteiger partial charge in [0.15, 0.2) is 16.7 Å². The lowest BCUT2D eigenvalue weighted by Gasteiger charge is -2.14. The van der Waals surface area contributed by atoms with E-state index in [-0.39, 0.29) is 5.56 Å². The Labute approximate surface area is 212 Å². The molecule has 0 N–H and O–H groups in total. The van der Waals surface area contributed by atoms with Crippen LogP contribution in [0.1, 0.15) is 17.0 Å². The minimum absolute atomic E-state index is 0.0975. The van der Waals surface area contributed by atoms with E-state index in [0.29, 0.717) is 45.7 Å². The summed E-state index contributed by atoms with van der Waals surface area (Å²) in [7, 11) is 3.19. The van der Waals surface area contributed by atoms with Crippen LogP contribution in [0.2, 0.25) is 0 Å². The highest BCUT2D eigenvalue weighted by Gasteiger charge is 2.16. The highest BCUT2D eigenvalue weighted by atomic mass is 32.2. The molecule has 0 unspecified atom stereocenters. The van der Waals surface area contributed by atoms with Crippen LogP contribution in [0, 0.1) is 6.92 Å². The van der Waals surface area contributed by atoms with E-state index in [1.165, 1.54) is 11.8 Å². The summed E-state index contributed by atoms with van der Waals surface area (Å²) in [6.45, 7) is 2.24. The zero-order valence-electron chi connectivity index (χ0n) is 20.2. The molecule has 7 nitrogen and oxygen atoms in total. The number of oxazole rings is 1. The van der Waals surface area contributed by atoms with Gasteiger partial charge in [-0.25, -0.2) is 9.97 Å². The van der Waals surface area contributed by atoms with Crippen LogP contribution in [0.15, 0.2) is 87.2 Å². The summed E-state index contributed by atoms with van der Waals surface area (Å²) >= 11 is 1.46. The van der Waals surface area contributed by atoms with Crippen LogP contribution in [0.25, 0.3) is 22.4 Å². The molecule has 0 aliphatic carbocycles. The van der Waals surface area contributed by atoms with Gasteiger partial charge in [-0.05, 0) is 48.9 Å². The van der Waals surface area contributed by atoms with Crippen LogP contribution in [0.4, 0.5) is 0 Å². The highest BCUT2D eigenvalue weighted by Crippen LogP contribution is 2.30. The third-order valence-corrected chi connectivity index (χ3v) is 6.85. The number of fused-ring (bicyclic) bond motifs is 1. The number of benzene rings is 3. The predicted molar refractivity (Wildman–Crippen MR) is 141 cm³/mol. The molecule has 0 aliphatic rings. The molecule has 2 heterocycles. The molecule has 5 rings (SSSR count). The lowest BCUT2D eigenvalue weighted by molar-refractivity contribution is 0.354. The van der Waals surface area contributed by atoms with Gasteiger partial charge in [-0.15, -0.1) is 0 Å². The fourth-order valence-electron chi connectivity index (χ4n) is 3.96. The second-order valence-electron chi connectivity index (χ2n) is 8.17. The van der Waals surface area contributed by atoms with E-state index >= 15 is 0 Å². The maximum atomic E-state index is 13.5. The SMILES string of the molecule is COc1ccc(Cn2c(SCc3nc(-c4ccccc4)oc3C)nc3ccccc3c2=O)cc1OC. The maximum absolute atomic E-state index is 13.5. The minimum atomic E-state index is -0.0975. The Morgan fingerprint density at radius 1 is 0.917 bits per heavy atom. The number of hydrogen-bond acceptors (Lipinski definition) is 7. The Morgan fingerprint density at radius 2 is 1.67 bits per heavy atom. The Balaban J connectivity index is 1.50. The van der Waals surface area contributed by atoms with E-state index < -0.39 is 0 Å². The molecule has 5 aromatic rings. The van der Waals surface area contributed by atoms with Gasteiger partial charge in [0.2, 0.25) is 5.89 Å². The first kappa shape index (κ1) is 23.7. The van der Waals surface area contributed by atoms with E-state index in [0.717, 1.165) is 22.6 Å². The number of hydrogen-bond donors (Lipinski definition) is 0. The van der Waals surface area contributed by atoms with Crippen LogP contribution >= 0.6 is 11.8 Å². The number of methoxy groups -OCH3 is 2. The first-order chi connectivity index (χ1) is 17.6. The summed E-state index contributed by atoms with van der Waals surface area (Å²) in [6.07, 6.45) is 0. The topological polar surface area (TPSA) is 79.4 Å². The Bertz CT molecular complexity index is 1580. The minimum Gasteiger partial charge on any atom is -0.493 e. The Hall–Kier alpha value is -4.04. The summed E-state index contributed by atoms with van der Waals surface area (Å²) in [5.41, 5.74) is 3.21. The molecule has 0 saturated carbocycles. The molecule has 0 radical (unpaired) electrons. The number of aromatic nitrogens is 3. The van der Waals surface area contributed by atoms with Crippen molar-refractivity contribution in [2.75, 3.05) is 14.2 Å². The van der Waals surface area contributed by atoms with Crippen molar-refractivity contribution in [1.82, 2.24) is 14.5 Å². The van der Waals surface area contributed by atoms with E-state index in [9.17, 15) is 4.79 Å². The van der Waals surface area contributed by atoms with E-state index in [1.807, 2.05) is 73.7 Å². The number of aryl methyl sites for hydroxylation is 1. The average molecular weight is 500 g/mol. The molecule has 0 bridgehead atoms. The molecule has 3 aromatic carbocycles. The summed E-state index contributed by atoms with van der Waals surface area (Å²) in [6, 6.07) is 22.8. The van der Waals surface area contributed by atoms with Crippen molar-refractivity contribution in [3.05, 3.63) is 100 Å². The van der Waals surface area contributed by atoms with E-state index in [4.69, 9.17) is 23.9 Å². The molecule has 0 atom stereocenters. The lowest BCUT2D eigenvalue weighted by atomic mass is 10.2. The van der Waals surface area contributed by atoms with Crippen molar-refractivity contribution < 1.29 is 13.9 Å². The normalized spacial score (nSPS) is 11.1. The van der Waals surface area contributed by atoms with Gasteiger partial charge in [-0.1, -0.05) is 48.2 Å². The largest absolute Gasteiger partial charge is 0.493 e. The van der Waals surface area contributed by atoms with Gasteiger partial charge < -0.3 is 13.9 Å². The Morgan fingerprint density at radius 3 is 2.44 bits per heavy atom. The number of ether oxygens (including phenoxy) is 2. The molecule has 0 saturated heterocycles. The molecule has 0 spiro atoms. The summed E-state index contributed by atoms with van der Waals surface area (Å²) < 4.78 is 18.4. The van der Waals surface area contributed by atoms with Gasteiger partial charge in [0.1, 0.15) is 5.76 Å². The maximum Gasteiger partial charge on any atom is 0.262 e. The van der Waals surface area contributed by atoms with E-state index in [1.54, 1.807) is 24.9 Å². The molecular formula is C28H25N3O4S. The smallest absolute Gasteiger partial charge is 0.262 e. The molecule has 0 amide bonds. The van der Waals surface area contributed by atoms with Gasteiger partial charge in [-0.2, -0.15) is 0 Å². The molecule has 0 fully saturated rings. The van der Waals surface area contributed by atoms with Gasteiger partial charge in [0, 0.05) is 11.3 Å². The zero-order chi connectivity index (χ0) is 25.1. The van der Waals surface area contributed by atoms with Gasteiger partial charge in [0.25, 0.3) is 5.56 Å². The first-order valence-electron chi connectivity index (χ1n) is 11.4. The molecule has 182 valence electrons. The lowest BCUT2D eigenvalue weighted by Crippen LogP contribution is -2.24. The van der Waals surface area contributed by atoms with Crippen molar-refractivity contribution in [2.24, 2.45) is 0 Å². The third-order valence-electron chi connectivity index (χ3n) is 5.87. The van der Waals surface area contributed by atoms with Gasteiger partial charge in [-0.3, -0.25) is 9.36 Å². The van der Waals surface area contributed by atoms with Crippen LogP contribution in [-0.4, -0.2) is 28.8 Å². The number of thioether (sulfide) groups is 1. The zero-order valence-corrected chi connectivity index (χ0v) is 21.0. The van der Waals surface area contributed by atoms with Crippen molar-refractivity contribution in [3.63, 3.8) is 0 Å². The summed E-state index contributed by atoms with van der Waals surface area (Å²) in [5, 5.41) is 1.18. The fraction of sp³-hybridized carbons (Fsp3) is 0.179. The van der Waals surface area contributed by atoms with Crippen molar-refractivity contribution in [1.29, 1.82) is 0 Å². The number of para-hydroxylation sites is 1. The monoisotopic (exact) mass is 499 g/mol. The number of nitrogens with zero attached hydrogens (tertiary/aromatic N) is 3. The number of rotatable bonds is 8. The average Bonchev–Trinajstić information content (AvgIpc) is 3.30. The quantitative estimate of drug-likeness (QED) is 0.200. The summed E-state index contributed by atoms with van der Waals surface area (Å²) in [5.74, 6) is 3.08. The molecule has 2 aromatic heterocycles. The van der Waals surface area contributed by atoms with Crippen LogP contribution in [0.5, 0.6) is 11.5 Å². The van der Waals surface area contributed by atoms with E-state index in [2.05, 4.69) is 0 Å². The molecule has 0 aliphatic heterocycles. The molecule has 8 heteroatoms. The molecule has 36 heavy (non-hydrogen) atoms. The predicted octanol–water partition coefficient (Wildman–Crippen LogP) is 5.72.